The number of ether oxygens (including phenoxy) is 1. The summed E-state index contributed by atoms with van der Waals surface area (Å²) in [5, 5.41) is 20.6. The number of methoxy groups -OCH3 is 1. The van der Waals surface area contributed by atoms with Crippen LogP contribution in [-0.4, -0.2) is 17.2 Å². The third-order valence-corrected chi connectivity index (χ3v) is 3.26. The van der Waals surface area contributed by atoms with Crippen LogP contribution in [0.2, 0.25) is 0 Å². The SMILES string of the molecule is COc1cc2cc3c(=O)c(C#N)c[nH]c3cc2cc1O. The third kappa shape index (κ3) is 1.67. The number of nitriles is 1. The van der Waals surface area contributed by atoms with E-state index in [1.54, 1.807) is 24.3 Å². The number of H-pyrrole nitrogens is 1. The highest BCUT2D eigenvalue weighted by Crippen LogP contribution is 2.32. The van der Waals surface area contributed by atoms with Crippen LogP contribution in [0, 0.1) is 11.3 Å². The van der Waals surface area contributed by atoms with Crippen LogP contribution in [0.3, 0.4) is 0 Å². The van der Waals surface area contributed by atoms with Crippen LogP contribution in [0.5, 0.6) is 11.5 Å². The molecule has 0 fully saturated rings. The fourth-order valence-electron chi connectivity index (χ4n) is 2.23. The Kier molecular flexibility index (Phi) is 2.58. The molecule has 2 aromatic carbocycles. The summed E-state index contributed by atoms with van der Waals surface area (Å²) >= 11 is 0. The molecule has 3 rings (SSSR count). The molecule has 0 radical (unpaired) electrons. The Morgan fingerprint density at radius 2 is 2.00 bits per heavy atom. The van der Waals surface area contributed by atoms with Gasteiger partial charge >= 0.3 is 0 Å². The summed E-state index contributed by atoms with van der Waals surface area (Å²) < 4.78 is 5.05. The van der Waals surface area contributed by atoms with E-state index >= 15 is 0 Å². The Bertz CT molecular complexity index is 936. The number of aromatic hydroxyl groups is 1. The van der Waals surface area contributed by atoms with Crippen molar-refractivity contribution in [3.8, 4) is 17.6 Å². The average molecular weight is 266 g/mol. The molecule has 5 nitrogen and oxygen atoms in total. The molecule has 0 atom stereocenters. The van der Waals surface area contributed by atoms with E-state index in [0.717, 1.165) is 10.8 Å². The Morgan fingerprint density at radius 1 is 1.25 bits per heavy atom. The van der Waals surface area contributed by atoms with Gasteiger partial charge in [0.2, 0.25) is 5.43 Å². The van der Waals surface area contributed by atoms with Gasteiger partial charge in [0.25, 0.3) is 0 Å². The minimum atomic E-state index is -0.310. The van der Waals surface area contributed by atoms with Crippen molar-refractivity contribution in [3.63, 3.8) is 0 Å². The molecule has 0 saturated heterocycles. The fraction of sp³-hybridized carbons (Fsp3) is 0.0667. The summed E-state index contributed by atoms with van der Waals surface area (Å²) in [4.78, 5) is 15.0. The van der Waals surface area contributed by atoms with Gasteiger partial charge in [-0.15, -0.1) is 0 Å². The van der Waals surface area contributed by atoms with Gasteiger partial charge in [0.15, 0.2) is 11.5 Å². The zero-order chi connectivity index (χ0) is 14.3. The topological polar surface area (TPSA) is 86.1 Å². The molecule has 0 unspecified atom stereocenters. The Hall–Kier alpha value is -3.00. The summed E-state index contributed by atoms with van der Waals surface area (Å²) in [7, 11) is 1.46. The number of pyridine rings is 1. The van der Waals surface area contributed by atoms with Crippen LogP contribution in [-0.2, 0) is 0 Å². The van der Waals surface area contributed by atoms with Crippen molar-refractivity contribution in [2.45, 2.75) is 0 Å². The van der Waals surface area contributed by atoms with Crippen molar-refractivity contribution in [2.24, 2.45) is 0 Å². The number of nitrogens with zero attached hydrogens (tertiary/aromatic N) is 1. The number of phenolic OH excluding ortho intramolecular Hbond substituents is 1. The van der Waals surface area contributed by atoms with Gasteiger partial charge in [-0.25, -0.2) is 0 Å². The maximum Gasteiger partial charge on any atom is 0.207 e. The van der Waals surface area contributed by atoms with Gasteiger partial charge in [-0.1, -0.05) is 0 Å². The second kappa shape index (κ2) is 4.28. The second-order valence-electron chi connectivity index (χ2n) is 4.41. The predicted octanol–water partition coefficient (Wildman–Crippen LogP) is 2.27. The molecule has 0 aliphatic carbocycles. The van der Waals surface area contributed by atoms with Crippen molar-refractivity contribution >= 4 is 21.7 Å². The molecule has 3 aromatic rings. The highest BCUT2D eigenvalue weighted by molar-refractivity contribution is 5.98. The summed E-state index contributed by atoms with van der Waals surface area (Å²) in [6.45, 7) is 0. The summed E-state index contributed by atoms with van der Waals surface area (Å²) in [6.07, 6.45) is 1.39. The van der Waals surface area contributed by atoms with Crippen molar-refractivity contribution in [2.75, 3.05) is 7.11 Å². The van der Waals surface area contributed by atoms with Crippen LogP contribution in [0.1, 0.15) is 5.56 Å². The molecule has 2 N–H and O–H groups in total. The maximum absolute atomic E-state index is 12.1. The Balaban J connectivity index is 2.45. The molecule has 0 aliphatic rings. The summed E-state index contributed by atoms with van der Waals surface area (Å²) in [5.74, 6) is 0.375. The monoisotopic (exact) mass is 266 g/mol. The number of benzene rings is 2. The fourth-order valence-corrected chi connectivity index (χ4v) is 2.23. The van der Waals surface area contributed by atoms with E-state index in [0.29, 0.717) is 16.7 Å². The Morgan fingerprint density at radius 3 is 2.70 bits per heavy atom. The van der Waals surface area contributed by atoms with Gasteiger partial charge in [0.05, 0.1) is 7.11 Å². The molecule has 0 aliphatic heterocycles. The van der Waals surface area contributed by atoms with Gasteiger partial charge < -0.3 is 14.8 Å². The van der Waals surface area contributed by atoms with Gasteiger partial charge in [-0.3, -0.25) is 4.79 Å². The first kappa shape index (κ1) is 12.1. The molecular formula is C15H10N2O3. The first-order chi connectivity index (χ1) is 9.63. The molecule has 1 heterocycles. The van der Waals surface area contributed by atoms with E-state index in [9.17, 15) is 9.90 Å². The van der Waals surface area contributed by atoms with Gasteiger partial charge in [0.1, 0.15) is 11.6 Å². The highest BCUT2D eigenvalue weighted by Gasteiger charge is 2.09. The maximum atomic E-state index is 12.1. The van der Waals surface area contributed by atoms with Gasteiger partial charge in [0, 0.05) is 17.1 Å². The first-order valence-corrected chi connectivity index (χ1v) is 5.90. The Labute approximate surface area is 113 Å². The van der Waals surface area contributed by atoms with Gasteiger partial charge in [-0.2, -0.15) is 5.26 Å². The molecule has 20 heavy (non-hydrogen) atoms. The number of aromatic amines is 1. The number of phenols is 1. The lowest BCUT2D eigenvalue weighted by atomic mass is 10.0. The van der Waals surface area contributed by atoms with Crippen molar-refractivity contribution in [1.82, 2.24) is 4.98 Å². The average Bonchev–Trinajstić information content (AvgIpc) is 2.45. The molecule has 5 heteroatoms. The lowest BCUT2D eigenvalue weighted by Crippen LogP contribution is -2.06. The molecule has 1 aromatic heterocycles. The molecule has 0 saturated carbocycles. The number of aromatic nitrogens is 1. The van der Waals surface area contributed by atoms with Crippen LogP contribution in [0.15, 0.2) is 35.3 Å². The second-order valence-corrected chi connectivity index (χ2v) is 4.41. The van der Waals surface area contributed by atoms with E-state index in [4.69, 9.17) is 10.00 Å². The molecule has 0 amide bonds. The van der Waals surface area contributed by atoms with Crippen molar-refractivity contribution in [3.05, 3.63) is 46.2 Å². The predicted molar refractivity (Wildman–Crippen MR) is 75.0 cm³/mol. The largest absolute Gasteiger partial charge is 0.504 e. The molecule has 98 valence electrons. The van der Waals surface area contributed by atoms with Crippen LogP contribution >= 0.6 is 0 Å². The molecular weight excluding hydrogens is 256 g/mol. The van der Waals surface area contributed by atoms with Crippen LogP contribution in [0.4, 0.5) is 0 Å². The minimum absolute atomic E-state index is 0.0374. The number of hydrogen-bond acceptors (Lipinski definition) is 4. The van der Waals surface area contributed by atoms with Gasteiger partial charge in [-0.05, 0) is 35.0 Å². The van der Waals surface area contributed by atoms with E-state index in [1.165, 1.54) is 13.3 Å². The minimum Gasteiger partial charge on any atom is -0.504 e. The van der Waals surface area contributed by atoms with Crippen molar-refractivity contribution < 1.29 is 9.84 Å². The summed E-state index contributed by atoms with van der Waals surface area (Å²) in [5.41, 5.74) is 0.379. The third-order valence-electron chi connectivity index (χ3n) is 3.26. The summed E-state index contributed by atoms with van der Waals surface area (Å²) in [6, 6.07) is 8.53. The zero-order valence-electron chi connectivity index (χ0n) is 10.6. The van der Waals surface area contributed by atoms with E-state index < -0.39 is 0 Å². The molecule has 0 spiro atoms. The van der Waals surface area contributed by atoms with Crippen LogP contribution < -0.4 is 10.2 Å². The normalized spacial score (nSPS) is 10.6. The van der Waals surface area contributed by atoms with Crippen LogP contribution in [0.25, 0.3) is 21.7 Å². The lowest BCUT2D eigenvalue weighted by Gasteiger charge is -2.07. The number of fused-ring (bicyclic) bond motifs is 2. The zero-order valence-corrected chi connectivity index (χ0v) is 10.6. The first-order valence-electron chi connectivity index (χ1n) is 5.90. The highest BCUT2D eigenvalue weighted by atomic mass is 16.5. The van der Waals surface area contributed by atoms with Crippen molar-refractivity contribution in [1.29, 1.82) is 5.26 Å². The van der Waals surface area contributed by atoms with E-state index in [2.05, 4.69) is 4.98 Å². The lowest BCUT2D eigenvalue weighted by molar-refractivity contribution is 0.374. The standard InChI is InChI=1S/C15H10N2O3/c1-20-14-5-8-2-11-12(3-9(8)4-13(14)18)17-7-10(6-16)15(11)19/h2-5,7,18H,1H3,(H,17,19). The number of hydrogen-bond donors (Lipinski definition) is 2. The smallest absolute Gasteiger partial charge is 0.207 e. The number of rotatable bonds is 1. The molecule has 0 bridgehead atoms. The quantitative estimate of drug-likeness (QED) is 0.661. The van der Waals surface area contributed by atoms with E-state index in [1.807, 2.05) is 6.07 Å². The van der Waals surface area contributed by atoms with E-state index in [-0.39, 0.29) is 16.7 Å². The number of nitrogens with one attached hydrogen (secondary N) is 1.